The monoisotopic (exact) mass is 387 g/mol. The van der Waals surface area contributed by atoms with E-state index in [0.29, 0.717) is 31.2 Å². The summed E-state index contributed by atoms with van der Waals surface area (Å²) in [7, 11) is 0. The van der Waals surface area contributed by atoms with Crippen molar-refractivity contribution in [3.05, 3.63) is 59.2 Å². The number of hydrogen-bond donors (Lipinski definition) is 4. The molecule has 0 spiro atoms. The maximum absolute atomic E-state index is 13.2. The van der Waals surface area contributed by atoms with Gasteiger partial charge in [-0.25, -0.2) is 4.39 Å². The molecule has 0 aliphatic heterocycles. The van der Waals surface area contributed by atoms with E-state index < -0.39 is 11.7 Å². The van der Waals surface area contributed by atoms with Crippen molar-refractivity contribution in [2.45, 2.75) is 44.4 Å². The molecule has 1 aromatic carbocycles. The number of pyridine rings is 1. The predicted molar refractivity (Wildman–Crippen MR) is 99.2 cm³/mol. The number of aliphatic hydroxyl groups excluding tert-OH is 1. The van der Waals surface area contributed by atoms with Crippen LogP contribution < -0.4 is 10.6 Å². The minimum absolute atomic E-state index is 0.0601. The lowest BCUT2D eigenvalue weighted by Crippen LogP contribution is -2.43. The van der Waals surface area contributed by atoms with Crippen LogP contribution in [0.2, 0.25) is 0 Å². The molecule has 1 aliphatic rings. The Morgan fingerprint density at radius 1 is 1.04 bits per heavy atom. The first-order chi connectivity index (χ1) is 13.5. The third-order valence-corrected chi connectivity index (χ3v) is 4.85. The number of phenolic OH excluding ortho intramolecular Hbond substituents is 1. The van der Waals surface area contributed by atoms with E-state index in [1.165, 1.54) is 18.3 Å². The fourth-order valence-corrected chi connectivity index (χ4v) is 3.31. The van der Waals surface area contributed by atoms with E-state index in [1.807, 2.05) is 0 Å². The first-order valence-electron chi connectivity index (χ1n) is 9.11. The highest BCUT2D eigenvalue weighted by molar-refractivity contribution is 5.97. The third kappa shape index (κ3) is 4.83. The minimum Gasteiger partial charge on any atom is -0.507 e. The summed E-state index contributed by atoms with van der Waals surface area (Å²) in [5, 5.41) is 24.8. The molecule has 2 amide bonds. The van der Waals surface area contributed by atoms with Crippen molar-refractivity contribution in [1.29, 1.82) is 0 Å². The molecule has 1 aromatic heterocycles. The number of hydrogen-bond acceptors (Lipinski definition) is 5. The number of halogens is 1. The molecule has 28 heavy (non-hydrogen) atoms. The largest absolute Gasteiger partial charge is 0.507 e. The maximum Gasteiger partial charge on any atom is 0.255 e. The molecular weight excluding hydrogens is 365 g/mol. The average molecular weight is 387 g/mol. The number of nitrogens with zero attached hydrogens (tertiary/aromatic N) is 1. The normalized spacial score (nSPS) is 19.1. The van der Waals surface area contributed by atoms with Crippen molar-refractivity contribution < 1.29 is 24.2 Å². The van der Waals surface area contributed by atoms with Gasteiger partial charge in [0.2, 0.25) is 0 Å². The van der Waals surface area contributed by atoms with E-state index in [-0.39, 0.29) is 41.5 Å². The van der Waals surface area contributed by atoms with Crippen LogP contribution >= 0.6 is 0 Å². The molecule has 1 saturated carbocycles. The van der Waals surface area contributed by atoms with Crippen LogP contribution in [0.5, 0.6) is 5.75 Å². The van der Waals surface area contributed by atoms with Crippen LogP contribution in [0.25, 0.3) is 0 Å². The molecule has 0 atom stereocenters. The fourth-order valence-electron chi connectivity index (χ4n) is 3.31. The van der Waals surface area contributed by atoms with E-state index in [4.69, 9.17) is 0 Å². The molecule has 1 aliphatic carbocycles. The van der Waals surface area contributed by atoms with Gasteiger partial charge < -0.3 is 20.8 Å². The number of benzene rings is 1. The molecule has 4 N–H and O–H groups in total. The topological polar surface area (TPSA) is 112 Å². The molecular formula is C20H22FN3O4. The van der Waals surface area contributed by atoms with Gasteiger partial charge in [0.15, 0.2) is 0 Å². The molecule has 8 heteroatoms. The summed E-state index contributed by atoms with van der Waals surface area (Å²) in [5.74, 6) is -1.47. The van der Waals surface area contributed by atoms with E-state index in [1.54, 1.807) is 6.07 Å². The number of carbonyl (C=O) groups excluding carboxylic acids is 2. The number of aromatic hydroxyl groups is 1. The van der Waals surface area contributed by atoms with Gasteiger partial charge in [0.25, 0.3) is 11.8 Å². The smallest absolute Gasteiger partial charge is 0.255 e. The molecule has 0 unspecified atom stereocenters. The molecule has 3 rings (SSSR count). The Morgan fingerprint density at radius 3 is 2.29 bits per heavy atom. The second kappa shape index (κ2) is 8.79. The summed E-state index contributed by atoms with van der Waals surface area (Å²) in [6.45, 7) is -0.216. The predicted octanol–water partition coefficient (Wildman–Crippen LogP) is 1.89. The molecule has 0 saturated heterocycles. The summed E-state index contributed by atoms with van der Waals surface area (Å²) in [6, 6.07) is 5.40. The van der Waals surface area contributed by atoms with Gasteiger partial charge in [-0.1, -0.05) is 6.07 Å². The van der Waals surface area contributed by atoms with Crippen molar-refractivity contribution >= 4 is 11.8 Å². The lowest BCUT2D eigenvalue weighted by molar-refractivity contribution is 0.0890. The zero-order valence-electron chi connectivity index (χ0n) is 15.2. The SMILES string of the molecule is O=C(N[C@H]1CC[C@@H](NC(=O)c2cc(CO)ccc2O)CC1)c1cncc(F)c1. The van der Waals surface area contributed by atoms with Crippen LogP contribution in [0, 0.1) is 5.82 Å². The van der Waals surface area contributed by atoms with E-state index in [2.05, 4.69) is 15.6 Å². The Balaban J connectivity index is 1.51. The lowest BCUT2D eigenvalue weighted by atomic mass is 9.90. The van der Waals surface area contributed by atoms with E-state index in [9.17, 15) is 24.2 Å². The van der Waals surface area contributed by atoms with Crippen LogP contribution in [-0.4, -0.2) is 39.1 Å². The number of rotatable bonds is 5. The summed E-state index contributed by atoms with van der Waals surface area (Å²) >= 11 is 0. The first-order valence-corrected chi connectivity index (χ1v) is 9.11. The molecule has 0 radical (unpaired) electrons. The van der Waals surface area contributed by atoms with Gasteiger partial charge in [0, 0.05) is 18.3 Å². The molecule has 1 heterocycles. The highest BCUT2D eigenvalue weighted by atomic mass is 19.1. The van der Waals surface area contributed by atoms with Crippen LogP contribution in [0.3, 0.4) is 0 Å². The summed E-state index contributed by atoms with van der Waals surface area (Å²) in [4.78, 5) is 28.3. The van der Waals surface area contributed by atoms with E-state index >= 15 is 0 Å². The fraction of sp³-hybridized carbons (Fsp3) is 0.350. The van der Waals surface area contributed by atoms with Crippen LogP contribution in [0.1, 0.15) is 52.0 Å². The lowest BCUT2D eigenvalue weighted by Gasteiger charge is -2.29. The summed E-state index contributed by atoms with van der Waals surface area (Å²) < 4.78 is 13.2. The standard InChI is InChI=1S/C20H22FN3O4/c21-14-8-13(9-22-10-14)19(27)23-15-2-4-16(5-3-15)24-20(28)17-7-12(11-25)1-6-18(17)26/h1,6-10,15-16,25-26H,2-5,11H2,(H,23,27)(H,24,28)/t15-,16+. The van der Waals surface area contributed by atoms with Crippen LogP contribution in [-0.2, 0) is 6.61 Å². The zero-order valence-corrected chi connectivity index (χ0v) is 15.2. The quantitative estimate of drug-likeness (QED) is 0.626. The highest BCUT2D eigenvalue weighted by Crippen LogP contribution is 2.22. The van der Waals surface area contributed by atoms with Gasteiger partial charge in [0.1, 0.15) is 11.6 Å². The first kappa shape index (κ1) is 19.8. The Kier molecular flexibility index (Phi) is 6.20. The number of amides is 2. The van der Waals surface area contributed by atoms with Crippen molar-refractivity contribution in [1.82, 2.24) is 15.6 Å². The second-order valence-electron chi connectivity index (χ2n) is 6.90. The maximum atomic E-state index is 13.2. The second-order valence-corrected chi connectivity index (χ2v) is 6.90. The number of phenols is 1. The number of carbonyl (C=O) groups is 2. The Hall–Kier alpha value is -3.00. The number of aliphatic hydroxyl groups is 1. The number of nitrogens with one attached hydrogen (secondary N) is 2. The van der Waals surface area contributed by atoms with Gasteiger partial charge >= 0.3 is 0 Å². The Morgan fingerprint density at radius 2 is 1.68 bits per heavy atom. The Bertz CT molecular complexity index is 866. The zero-order chi connectivity index (χ0) is 20.1. The van der Waals surface area contributed by atoms with Gasteiger partial charge in [-0.2, -0.15) is 0 Å². The molecule has 0 bridgehead atoms. The van der Waals surface area contributed by atoms with Crippen molar-refractivity contribution in [2.24, 2.45) is 0 Å². The van der Waals surface area contributed by atoms with Crippen molar-refractivity contribution in [3.8, 4) is 5.75 Å². The van der Waals surface area contributed by atoms with Crippen molar-refractivity contribution in [3.63, 3.8) is 0 Å². The Labute approximate surface area is 161 Å². The van der Waals surface area contributed by atoms with Crippen LogP contribution in [0.15, 0.2) is 36.7 Å². The summed E-state index contributed by atoms with van der Waals surface area (Å²) in [6.07, 6.45) is 5.03. The third-order valence-electron chi connectivity index (χ3n) is 4.85. The molecule has 7 nitrogen and oxygen atoms in total. The molecule has 2 aromatic rings. The minimum atomic E-state index is -0.562. The average Bonchev–Trinajstić information content (AvgIpc) is 2.69. The van der Waals surface area contributed by atoms with Crippen LogP contribution in [0.4, 0.5) is 4.39 Å². The van der Waals surface area contributed by atoms with Gasteiger partial charge in [-0.3, -0.25) is 14.6 Å². The van der Waals surface area contributed by atoms with Gasteiger partial charge in [-0.15, -0.1) is 0 Å². The highest BCUT2D eigenvalue weighted by Gasteiger charge is 2.25. The van der Waals surface area contributed by atoms with Crippen molar-refractivity contribution in [2.75, 3.05) is 0 Å². The summed E-state index contributed by atoms with van der Waals surface area (Å²) in [5.41, 5.74) is 0.844. The molecule has 1 fully saturated rings. The molecule has 148 valence electrons. The van der Waals surface area contributed by atoms with E-state index in [0.717, 1.165) is 12.3 Å². The number of aromatic nitrogens is 1. The van der Waals surface area contributed by atoms with Gasteiger partial charge in [-0.05, 0) is 49.4 Å². The van der Waals surface area contributed by atoms with Gasteiger partial charge in [0.05, 0.1) is 23.9 Å².